The van der Waals surface area contributed by atoms with Gasteiger partial charge in [-0.2, -0.15) is 0 Å². The largest absolute Gasteiger partial charge is 0.299 e. The topological polar surface area (TPSA) is 17.1 Å². The van der Waals surface area contributed by atoms with Crippen molar-refractivity contribution in [1.29, 1.82) is 0 Å². The predicted molar refractivity (Wildman–Crippen MR) is 44.2 cm³/mol. The molecule has 0 radical (unpaired) electrons. The molecule has 2 saturated carbocycles. The molecule has 0 saturated heterocycles. The smallest absolute Gasteiger partial charge is 0.139 e. The first-order valence-electron chi connectivity index (χ1n) is 4.59. The second-order valence-corrected chi connectivity index (χ2v) is 4.79. The van der Waals surface area contributed by atoms with Crippen LogP contribution in [0.5, 0.6) is 0 Å². The van der Waals surface area contributed by atoms with E-state index in [1.807, 2.05) is 0 Å². The van der Waals surface area contributed by atoms with Gasteiger partial charge in [-0.3, -0.25) is 4.79 Å². The minimum Gasteiger partial charge on any atom is -0.299 e. The first-order chi connectivity index (χ1) is 5.05. The zero-order valence-corrected chi connectivity index (χ0v) is 7.55. The van der Waals surface area contributed by atoms with E-state index in [0.717, 1.165) is 12.3 Å². The lowest BCUT2D eigenvalue weighted by Crippen LogP contribution is -2.19. The highest BCUT2D eigenvalue weighted by Crippen LogP contribution is 2.64. The molecule has 0 aromatic carbocycles. The van der Waals surface area contributed by atoms with Gasteiger partial charge < -0.3 is 0 Å². The first kappa shape index (κ1) is 7.33. The van der Waals surface area contributed by atoms with Gasteiger partial charge in [-0.05, 0) is 24.2 Å². The highest BCUT2D eigenvalue weighted by molar-refractivity contribution is 5.88. The Balaban J connectivity index is 2.19. The van der Waals surface area contributed by atoms with E-state index in [4.69, 9.17) is 0 Å². The summed E-state index contributed by atoms with van der Waals surface area (Å²) in [6.07, 6.45) is 2.41. The number of rotatable bonds is 0. The molecule has 2 aliphatic rings. The Hall–Kier alpha value is -0.330. The number of fused-ring (bicyclic) bond motifs is 1. The Kier molecular flexibility index (Phi) is 1.25. The van der Waals surface area contributed by atoms with Crippen LogP contribution >= 0.6 is 0 Å². The molecular weight excluding hydrogens is 136 g/mol. The fourth-order valence-electron chi connectivity index (χ4n) is 2.73. The first-order valence-corrected chi connectivity index (χ1v) is 4.59. The summed E-state index contributed by atoms with van der Waals surface area (Å²) in [5.74, 6) is 2.03. The summed E-state index contributed by atoms with van der Waals surface area (Å²) in [6.45, 7) is 6.55. The molecule has 0 spiro atoms. The van der Waals surface area contributed by atoms with Crippen LogP contribution < -0.4 is 0 Å². The van der Waals surface area contributed by atoms with E-state index in [9.17, 15) is 4.79 Å². The van der Waals surface area contributed by atoms with E-state index in [1.54, 1.807) is 0 Å². The van der Waals surface area contributed by atoms with Crippen LogP contribution in [0, 0.1) is 23.2 Å². The molecule has 0 unspecified atom stereocenters. The molecule has 0 aliphatic heterocycles. The van der Waals surface area contributed by atoms with Crippen molar-refractivity contribution in [1.82, 2.24) is 0 Å². The van der Waals surface area contributed by atoms with Crippen molar-refractivity contribution in [2.45, 2.75) is 33.6 Å². The molecule has 2 rings (SSSR count). The molecule has 1 nitrogen and oxygen atoms in total. The van der Waals surface area contributed by atoms with Gasteiger partial charge in [0.25, 0.3) is 0 Å². The van der Waals surface area contributed by atoms with Crippen molar-refractivity contribution in [3.05, 3.63) is 0 Å². The summed E-state index contributed by atoms with van der Waals surface area (Å²) >= 11 is 0. The number of carbonyl (C=O) groups is 1. The van der Waals surface area contributed by atoms with Crippen molar-refractivity contribution in [2.75, 3.05) is 0 Å². The molecule has 0 aromatic heterocycles. The third-order valence-corrected chi connectivity index (χ3v) is 3.75. The molecule has 2 aliphatic carbocycles. The van der Waals surface area contributed by atoms with Gasteiger partial charge in [0.1, 0.15) is 5.78 Å². The van der Waals surface area contributed by atoms with Crippen LogP contribution in [0.4, 0.5) is 0 Å². The molecule has 1 heteroatoms. The average molecular weight is 152 g/mol. The van der Waals surface area contributed by atoms with Gasteiger partial charge in [0.05, 0.1) is 0 Å². The Morgan fingerprint density at radius 1 is 1.36 bits per heavy atom. The van der Waals surface area contributed by atoms with E-state index >= 15 is 0 Å². The number of carbonyl (C=O) groups excluding carboxylic acids is 1. The summed E-state index contributed by atoms with van der Waals surface area (Å²) in [4.78, 5) is 11.6. The lowest BCUT2D eigenvalue weighted by atomic mass is 9.90. The third kappa shape index (κ3) is 0.800. The van der Waals surface area contributed by atoms with Crippen molar-refractivity contribution >= 4 is 5.78 Å². The molecule has 0 N–H and O–H groups in total. The summed E-state index contributed by atoms with van der Waals surface area (Å²) in [7, 11) is 0. The van der Waals surface area contributed by atoms with Gasteiger partial charge in [-0.15, -0.1) is 0 Å². The van der Waals surface area contributed by atoms with Crippen LogP contribution in [-0.2, 0) is 4.79 Å². The zero-order chi connectivity index (χ0) is 8.22. The number of hydrogen-bond donors (Lipinski definition) is 0. The maximum absolute atomic E-state index is 11.6. The van der Waals surface area contributed by atoms with E-state index in [1.165, 1.54) is 6.42 Å². The molecule has 62 valence electrons. The zero-order valence-electron chi connectivity index (χ0n) is 7.55. The molecule has 3 atom stereocenters. The van der Waals surface area contributed by atoms with Crippen molar-refractivity contribution in [3.63, 3.8) is 0 Å². The van der Waals surface area contributed by atoms with Crippen LogP contribution in [0.3, 0.4) is 0 Å². The second-order valence-electron chi connectivity index (χ2n) is 4.79. The molecule has 11 heavy (non-hydrogen) atoms. The van der Waals surface area contributed by atoms with Gasteiger partial charge in [-0.25, -0.2) is 0 Å². The molecular formula is C10H16O. The van der Waals surface area contributed by atoms with Crippen LogP contribution in [0.2, 0.25) is 0 Å². The van der Waals surface area contributed by atoms with Crippen LogP contribution in [0.1, 0.15) is 33.6 Å². The number of Topliss-reactive ketones (excluding diaryl/α,β-unsaturated/α-hetero) is 1. The van der Waals surface area contributed by atoms with E-state index < -0.39 is 0 Å². The lowest BCUT2D eigenvalue weighted by molar-refractivity contribution is -0.125. The van der Waals surface area contributed by atoms with Gasteiger partial charge in [0.15, 0.2) is 0 Å². The molecule has 0 bridgehead atoms. The molecule has 2 fully saturated rings. The standard InChI is InChI=1S/C10H16O/c1-6-4-5-7-8(9(6)11)10(7,2)3/h6-8H,4-5H2,1-3H3/t6-,7+,8+/m1/s1. The predicted octanol–water partition coefficient (Wildman–Crippen LogP) is 2.26. The fraction of sp³-hybridized carbons (Fsp3) is 0.900. The molecule has 0 amide bonds. The molecule has 0 heterocycles. The average Bonchev–Trinajstić information content (AvgIpc) is 2.46. The summed E-state index contributed by atoms with van der Waals surface area (Å²) in [6, 6.07) is 0. The Morgan fingerprint density at radius 2 is 2.00 bits per heavy atom. The quantitative estimate of drug-likeness (QED) is 0.520. The lowest BCUT2D eigenvalue weighted by Gasteiger charge is -2.14. The number of hydrogen-bond acceptors (Lipinski definition) is 1. The Morgan fingerprint density at radius 3 is 2.55 bits per heavy atom. The normalized spacial score (nSPS) is 46.8. The maximum Gasteiger partial charge on any atom is 0.139 e. The number of ketones is 1. The minimum atomic E-state index is 0.345. The maximum atomic E-state index is 11.6. The van der Waals surface area contributed by atoms with E-state index in [0.29, 0.717) is 23.0 Å². The second kappa shape index (κ2) is 1.88. The highest BCUT2D eigenvalue weighted by Gasteiger charge is 2.63. The summed E-state index contributed by atoms with van der Waals surface area (Å²) in [5, 5.41) is 0. The Bertz CT molecular complexity index is 205. The SMILES string of the molecule is C[C@@H]1CC[C@H]2[C@@H](C1=O)C2(C)C. The van der Waals surface area contributed by atoms with E-state index in [-0.39, 0.29) is 0 Å². The monoisotopic (exact) mass is 152 g/mol. The highest BCUT2D eigenvalue weighted by atomic mass is 16.1. The fourth-order valence-corrected chi connectivity index (χ4v) is 2.73. The van der Waals surface area contributed by atoms with Gasteiger partial charge in [0, 0.05) is 11.8 Å². The van der Waals surface area contributed by atoms with E-state index in [2.05, 4.69) is 20.8 Å². The van der Waals surface area contributed by atoms with Crippen LogP contribution in [-0.4, -0.2) is 5.78 Å². The van der Waals surface area contributed by atoms with Crippen LogP contribution in [0.15, 0.2) is 0 Å². The van der Waals surface area contributed by atoms with Crippen LogP contribution in [0.25, 0.3) is 0 Å². The van der Waals surface area contributed by atoms with Gasteiger partial charge in [-0.1, -0.05) is 20.8 Å². The third-order valence-electron chi connectivity index (χ3n) is 3.75. The summed E-state index contributed by atoms with van der Waals surface area (Å²) < 4.78 is 0. The van der Waals surface area contributed by atoms with Crippen molar-refractivity contribution in [3.8, 4) is 0 Å². The van der Waals surface area contributed by atoms with Gasteiger partial charge in [0.2, 0.25) is 0 Å². The Labute approximate surface area is 68.2 Å². The van der Waals surface area contributed by atoms with Crippen molar-refractivity contribution < 1.29 is 4.79 Å². The van der Waals surface area contributed by atoms with Crippen molar-refractivity contribution in [2.24, 2.45) is 23.2 Å². The summed E-state index contributed by atoms with van der Waals surface area (Å²) in [5.41, 5.74) is 0.349. The minimum absolute atomic E-state index is 0.345. The molecule has 0 aromatic rings. The van der Waals surface area contributed by atoms with Gasteiger partial charge >= 0.3 is 0 Å².